The molecule has 0 bridgehead atoms. The van der Waals surface area contributed by atoms with E-state index in [-0.39, 0.29) is 23.2 Å². The fourth-order valence-electron chi connectivity index (χ4n) is 2.65. The molecule has 27 heavy (non-hydrogen) atoms. The van der Waals surface area contributed by atoms with E-state index in [2.05, 4.69) is 15.3 Å². The van der Waals surface area contributed by atoms with Crippen LogP contribution in [0.3, 0.4) is 0 Å². The van der Waals surface area contributed by atoms with Crippen LogP contribution in [0.4, 0.5) is 21.7 Å². The SMILES string of the molecule is CC(C)n1cc(-c2nc(Nc3ccc(N(C)C)cc3)ncc2F)ccc1=O. The van der Waals surface area contributed by atoms with Crippen LogP contribution in [-0.4, -0.2) is 28.6 Å². The first-order chi connectivity index (χ1) is 12.8. The molecule has 0 aliphatic carbocycles. The van der Waals surface area contributed by atoms with Gasteiger partial charge in [-0.1, -0.05) is 0 Å². The van der Waals surface area contributed by atoms with Gasteiger partial charge in [-0.05, 0) is 44.2 Å². The highest BCUT2D eigenvalue weighted by molar-refractivity contribution is 5.63. The van der Waals surface area contributed by atoms with Crippen LogP contribution in [0.25, 0.3) is 11.3 Å². The molecule has 0 fully saturated rings. The van der Waals surface area contributed by atoms with Gasteiger partial charge in [0.15, 0.2) is 5.82 Å². The van der Waals surface area contributed by atoms with E-state index in [9.17, 15) is 9.18 Å². The second kappa shape index (κ2) is 7.57. The molecule has 3 aromatic rings. The summed E-state index contributed by atoms with van der Waals surface area (Å²) in [6.07, 6.45) is 2.75. The zero-order valence-electron chi connectivity index (χ0n) is 15.8. The average Bonchev–Trinajstić information content (AvgIpc) is 2.64. The molecule has 0 radical (unpaired) electrons. The first kappa shape index (κ1) is 18.6. The lowest BCUT2D eigenvalue weighted by molar-refractivity contribution is 0.577. The van der Waals surface area contributed by atoms with Crippen molar-refractivity contribution in [2.24, 2.45) is 0 Å². The molecular weight excluding hydrogens is 345 g/mol. The third-order valence-electron chi connectivity index (χ3n) is 4.15. The largest absolute Gasteiger partial charge is 0.378 e. The molecule has 2 aromatic heterocycles. The van der Waals surface area contributed by atoms with Crippen LogP contribution in [0.5, 0.6) is 0 Å². The summed E-state index contributed by atoms with van der Waals surface area (Å²) >= 11 is 0. The van der Waals surface area contributed by atoms with Crippen LogP contribution < -0.4 is 15.8 Å². The van der Waals surface area contributed by atoms with Gasteiger partial charge in [0.2, 0.25) is 5.95 Å². The second-order valence-electron chi connectivity index (χ2n) is 6.71. The lowest BCUT2D eigenvalue weighted by Crippen LogP contribution is -2.20. The molecule has 0 aliphatic rings. The minimum atomic E-state index is -0.544. The molecule has 0 amide bonds. The van der Waals surface area contributed by atoms with Gasteiger partial charge < -0.3 is 14.8 Å². The molecule has 6 nitrogen and oxygen atoms in total. The predicted octanol–water partition coefficient (Wildman–Crippen LogP) is 3.83. The first-order valence-electron chi connectivity index (χ1n) is 8.64. The number of aromatic nitrogens is 3. The summed E-state index contributed by atoms with van der Waals surface area (Å²) in [6, 6.07) is 10.7. The van der Waals surface area contributed by atoms with Crippen molar-refractivity contribution in [1.82, 2.24) is 14.5 Å². The molecule has 0 aliphatic heterocycles. The van der Waals surface area contributed by atoms with Gasteiger partial charge in [-0.2, -0.15) is 0 Å². The molecule has 1 N–H and O–H groups in total. The Morgan fingerprint density at radius 1 is 1.11 bits per heavy atom. The quantitative estimate of drug-likeness (QED) is 0.742. The van der Waals surface area contributed by atoms with E-state index < -0.39 is 5.82 Å². The van der Waals surface area contributed by atoms with Gasteiger partial charge in [0.25, 0.3) is 5.56 Å². The molecule has 0 spiro atoms. The van der Waals surface area contributed by atoms with E-state index in [4.69, 9.17) is 0 Å². The summed E-state index contributed by atoms with van der Waals surface area (Å²) in [5.74, 6) is -0.260. The maximum absolute atomic E-state index is 14.3. The Bertz CT molecular complexity index is 996. The van der Waals surface area contributed by atoms with E-state index in [0.717, 1.165) is 17.6 Å². The predicted molar refractivity (Wildman–Crippen MR) is 106 cm³/mol. The van der Waals surface area contributed by atoms with E-state index in [1.165, 1.54) is 6.07 Å². The normalized spacial score (nSPS) is 10.9. The van der Waals surface area contributed by atoms with Crippen LogP contribution in [0.2, 0.25) is 0 Å². The third-order valence-corrected chi connectivity index (χ3v) is 4.15. The molecular formula is C20H22FN5O. The van der Waals surface area contributed by atoms with Gasteiger partial charge in [0.05, 0.1) is 6.20 Å². The average molecular weight is 367 g/mol. The zero-order chi connectivity index (χ0) is 19.6. The first-order valence-corrected chi connectivity index (χ1v) is 8.64. The number of pyridine rings is 1. The molecule has 0 saturated heterocycles. The number of rotatable bonds is 5. The molecule has 0 unspecified atom stereocenters. The van der Waals surface area contributed by atoms with Crippen LogP contribution in [0.1, 0.15) is 19.9 Å². The Kier molecular flexibility index (Phi) is 5.21. The molecule has 0 saturated carbocycles. The van der Waals surface area contributed by atoms with Gasteiger partial charge in [0, 0.05) is 49.3 Å². The maximum Gasteiger partial charge on any atom is 0.250 e. The van der Waals surface area contributed by atoms with Crippen LogP contribution in [0.15, 0.2) is 53.6 Å². The molecule has 3 rings (SSSR count). The topological polar surface area (TPSA) is 63.1 Å². The summed E-state index contributed by atoms with van der Waals surface area (Å²) in [5.41, 5.74) is 2.39. The van der Waals surface area contributed by atoms with Crippen LogP contribution in [0, 0.1) is 5.82 Å². The highest BCUT2D eigenvalue weighted by atomic mass is 19.1. The van der Waals surface area contributed by atoms with Gasteiger partial charge in [0.1, 0.15) is 5.69 Å². The van der Waals surface area contributed by atoms with E-state index in [1.54, 1.807) is 16.8 Å². The van der Waals surface area contributed by atoms with Gasteiger partial charge in [-0.15, -0.1) is 0 Å². The van der Waals surface area contributed by atoms with Crippen molar-refractivity contribution < 1.29 is 4.39 Å². The smallest absolute Gasteiger partial charge is 0.250 e. The Hall–Kier alpha value is -3.22. The van der Waals surface area contributed by atoms with Gasteiger partial charge >= 0.3 is 0 Å². The summed E-state index contributed by atoms with van der Waals surface area (Å²) in [4.78, 5) is 22.3. The number of hydrogen-bond donors (Lipinski definition) is 1. The molecule has 2 heterocycles. The Morgan fingerprint density at radius 3 is 2.44 bits per heavy atom. The minimum absolute atomic E-state index is 0.0323. The summed E-state index contributed by atoms with van der Waals surface area (Å²) in [5, 5.41) is 3.08. The van der Waals surface area contributed by atoms with Crippen molar-refractivity contribution in [3.63, 3.8) is 0 Å². The van der Waals surface area contributed by atoms with Crippen molar-refractivity contribution in [2.45, 2.75) is 19.9 Å². The number of benzene rings is 1. The highest BCUT2D eigenvalue weighted by Gasteiger charge is 2.12. The fraction of sp³-hybridized carbons (Fsp3) is 0.250. The van der Waals surface area contributed by atoms with Crippen molar-refractivity contribution >= 4 is 17.3 Å². The minimum Gasteiger partial charge on any atom is -0.378 e. The highest BCUT2D eigenvalue weighted by Crippen LogP contribution is 2.23. The summed E-state index contributed by atoms with van der Waals surface area (Å²) in [6.45, 7) is 3.79. The van der Waals surface area contributed by atoms with Crippen molar-refractivity contribution in [3.8, 4) is 11.3 Å². The Labute approximate surface area is 157 Å². The molecule has 140 valence electrons. The van der Waals surface area contributed by atoms with Crippen LogP contribution >= 0.6 is 0 Å². The van der Waals surface area contributed by atoms with Crippen molar-refractivity contribution in [3.05, 3.63) is 65.0 Å². The fourth-order valence-corrected chi connectivity index (χ4v) is 2.65. The second-order valence-corrected chi connectivity index (χ2v) is 6.71. The standard InChI is InChI=1S/C20H22FN5O/c1-13(2)26-12-14(5-10-18(26)27)19-17(21)11-22-20(24-19)23-15-6-8-16(9-7-15)25(3)4/h5-13H,1-4H3,(H,22,23,24). The van der Waals surface area contributed by atoms with Crippen molar-refractivity contribution in [1.29, 1.82) is 0 Å². The summed E-state index contributed by atoms with van der Waals surface area (Å²) < 4.78 is 15.9. The van der Waals surface area contributed by atoms with E-state index >= 15 is 0 Å². The number of nitrogens with one attached hydrogen (secondary N) is 1. The third kappa shape index (κ3) is 4.13. The number of anilines is 3. The monoisotopic (exact) mass is 367 g/mol. The number of nitrogens with zero attached hydrogens (tertiary/aromatic N) is 4. The van der Waals surface area contributed by atoms with Gasteiger partial charge in [-0.3, -0.25) is 4.79 Å². The lowest BCUT2D eigenvalue weighted by Gasteiger charge is -2.14. The van der Waals surface area contributed by atoms with Crippen LogP contribution in [-0.2, 0) is 0 Å². The molecule has 1 aromatic carbocycles. The summed E-state index contributed by atoms with van der Waals surface area (Å²) in [7, 11) is 3.93. The number of hydrogen-bond acceptors (Lipinski definition) is 5. The lowest BCUT2D eigenvalue weighted by atomic mass is 10.2. The van der Waals surface area contributed by atoms with E-state index in [1.807, 2.05) is 57.1 Å². The molecule has 7 heteroatoms. The Balaban J connectivity index is 1.93. The van der Waals surface area contributed by atoms with E-state index in [0.29, 0.717) is 5.56 Å². The Morgan fingerprint density at radius 2 is 1.81 bits per heavy atom. The maximum atomic E-state index is 14.3. The molecule has 0 atom stereocenters. The number of halogens is 1. The van der Waals surface area contributed by atoms with Gasteiger partial charge in [-0.25, -0.2) is 14.4 Å². The van der Waals surface area contributed by atoms with Crippen molar-refractivity contribution in [2.75, 3.05) is 24.3 Å². The zero-order valence-corrected chi connectivity index (χ0v) is 15.8.